The number of benzene rings is 1. The van der Waals surface area contributed by atoms with Crippen LogP contribution in [0, 0.1) is 0 Å². The molecule has 0 fully saturated rings. The van der Waals surface area contributed by atoms with Gasteiger partial charge in [-0.15, -0.1) is 11.8 Å². The molecule has 0 saturated carbocycles. The molecule has 88 valence electrons. The Balaban J connectivity index is 2.19. The molecule has 0 radical (unpaired) electrons. The quantitative estimate of drug-likeness (QED) is 0.809. The Labute approximate surface area is 103 Å². The molecule has 5 nitrogen and oxygen atoms in total. The number of nitrogens with zero attached hydrogens (tertiary/aromatic N) is 2. The molecule has 0 aliphatic carbocycles. The smallest absolute Gasteiger partial charge is 0.226 e. The predicted octanol–water partition coefficient (Wildman–Crippen LogP) is 2.16. The summed E-state index contributed by atoms with van der Waals surface area (Å²) in [4.78, 5) is 8.86. The SMILES string of the molecule is CSc1ccc(Oc2cc(N)nc(N)n2)cc1. The van der Waals surface area contributed by atoms with Crippen LogP contribution < -0.4 is 16.2 Å². The van der Waals surface area contributed by atoms with Crippen molar-refractivity contribution in [3.63, 3.8) is 0 Å². The van der Waals surface area contributed by atoms with Gasteiger partial charge in [0.2, 0.25) is 11.8 Å². The van der Waals surface area contributed by atoms with E-state index in [1.54, 1.807) is 11.8 Å². The molecule has 17 heavy (non-hydrogen) atoms. The average Bonchev–Trinajstić information content (AvgIpc) is 2.28. The van der Waals surface area contributed by atoms with E-state index in [2.05, 4.69) is 9.97 Å². The van der Waals surface area contributed by atoms with E-state index < -0.39 is 0 Å². The Morgan fingerprint density at radius 2 is 1.82 bits per heavy atom. The van der Waals surface area contributed by atoms with Gasteiger partial charge in [0.1, 0.15) is 11.6 Å². The number of thioether (sulfide) groups is 1. The van der Waals surface area contributed by atoms with E-state index in [1.165, 1.54) is 11.0 Å². The summed E-state index contributed by atoms with van der Waals surface area (Å²) >= 11 is 1.67. The van der Waals surface area contributed by atoms with E-state index in [1.807, 2.05) is 30.5 Å². The second-order valence-corrected chi connectivity index (χ2v) is 4.15. The average molecular weight is 248 g/mol. The molecule has 0 amide bonds. The van der Waals surface area contributed by atoms with Crippen molar-refractivity contribution in [2.45, 2.75) is 4.90 Å². The summed E-state index contributed by atoms with van der Waals surface area (Å²) in [5.41, 5.74) is 11.0. The maximum absolute atomic E-state index is 5.54. The van der Waals surface area contributed by atoms with Gasteiger partial charge in [0.15, 0.2) is 0 Å². The molecule has 6 heteroatoms. The number of aromatic nitrogens is 2. The van der Waals surface area contributed by atoms with Crippen LogP contribution in [0.2, 0.25) is 0 Å². The van der Waals surface area contributed by atoms with Crippen LogP contribution in [0.15, 0.2) is 35.2 Å². The number of hydrogen-bond donors (Lipinski definition) is 2. The highest BCUT2D eigenvalue weighted by atomic mass is 32.2. The number of nitrogens with two attached hydrogens (primary N) is 2. The van der Waals surface area contributed by atoms with Crippen LogP contribution in [0.3, 0.4) is 0 Å². The third-order valence-corrected chi connectivity index (χ3v) is 2.77. The maximum Gasteiger partial charge on any atom is 0.226 e. The van der Waals surface area contributed by atoms with Gasteiger partial charge in [-0.05, 0) is 30.5 Å². The van der Waals surface area contributed by atoms with Crippen molar-refractivity contribution in [2.24, 2.45) is 0 Å². The first kappa shape index (κ1) is 11.5. The zero-order valence-corrected chi connectivity index (χ0v) is 10.1. The molecule has 1 aromatic heterocycles. The molecule has 0 unspecified atom stereocenters. The summed E-state index contributed by atoms with van der Waals surface area (Å²) in [6.45, 7) is 0. The van der Waals surface area contributed by atoms with Crippen LogP contribution in [-0.2, 0) is 0 Å². The fourth-order valence-electron chi connectivity index (χ4n) is 1.28. The van der Waals surface area contributed by atoms with Crippen molar-refractivity contribution >= 4 is 23.5 Å². The molecule has 0 aliphatic heterocycles. The van der Waals surface area contributed by atoms with Gasteiger partial charge in [0.25, 0.3) is 0 Å². The fourth-order valence-corrected chi connectivity index (χ4v) is 1.69. The van der Waals surface area contributed by atoms with E-state index in [-0.39, 0.29) is 11.8 Å². The van der Waals surface area contributed by atoms with E-state index in [0.29, 0.717) is 11.6 Å². The molecule has 1 aromatic carbocycles. The van der Waals surface area contributed by atoms with Crippen LogP contribution >= 0.6 is 11.8 Å². The minimum Gasteiger partial charge on any atom is -0.439 e. The van der Waals surface area contributed by atoms with Crippen molar-refractivity contribution in [3.8, 4) is 11.6 Å². The van der Waals surface area contributed by atoms with Crippen molar-refractivity contribution in [1.82, 2.24) is 9.97 Å². The zero-order valence-electron chi connectivity index (χ0n) is 9.25. The second-order valence-electron chi connectivity index (χ2n) is 3.27. The molecule has 4 N–H and O–H groups in total. The van der Waals surface area contributed by atoms with E-state index >= 15 is 0 Å². The van der Waals surface area contributed by atoms with Gasteiger partial charge in [-0.3, -0.25) is 0 Å². The lowest BCUT2D eigenvalue weighted by molar-refractivity contribution is 0.462. The number of ether oxygens (including phenoxy) is 1. The number of rotatable bonds is 3. The minimum atomic E-state index is 0.0979. The summed E-state index contributed by atoms with van der Waals surface area (Å²) in [5.74, 6) is 1.40. The Morgan fingerprint density at radius 3 is 2.41 bits per heavy atom. The van der Waals surface area contributed by atoms with Crippen LogP contribution in [0.4, 0.5) is 11.8 Å². The first-order chi connectivity index (χ1) is 8.17. The second kappa shape index (κ2) is 4.92. The maximum atomic E-state index is 5.54. The molecule has 0 spiro atoms. The summed E-state index contributed by atoms with van der Waals surface area (Å²) in [6, 6.07) is 9.18. The lowest BCUT2D eigenvalue weighted by Gasteiger charge is -2.06. The first-order valence-electron chi connectivity index (χ1n) is 4.89. The molecule has 1 heterocycles. The van der Waals surface area contributed by atoms with Crippen LogP contribution in [-0.4, -0.2) is 16.2 Å². The lowest BCUT2D eigenvalue weighted by Crippen LogP contribution is -2.00. The molecular weight excluding hydrogens is 236 g/mol. The summed E-state index contributed by atoms with van der Waals surface area (Å²) < 4.78 is 5.52. The zero-order chi connectivity index (χ0) is 12.3. The fraction of sp³-hybridized carbons (Fsp3) is 0.0909. The van der Waals surface area contributed by atoms with Gasteiger partial charge in [0.05, 0.1) is 0 Å². The predicted molar refractivity (Wildman–Crippen MR) is 69.2 cm³/mol. The van der Waals surface area contributed by atoms with Crippen molar-refractivity contribution < 1.29 is 4.74 Å². The van der Waals surface area contributed by atoms with Gasteiger partial charge in [-0.25, -0.2) is 0 Å². The molecule has 0 bridgehead atoms. The molecule has 0 atom stereocenters. The monoisotopic (exact) mass is 248 g/mol. The molecule has 0 saturated heterocycles. The Hall–Kier alpha value is -1.95. The van der Waals surface area contributed by atoms with Crippen LogP contribution in [0.25, 0.3) is 0 Å². The number of nitrogen functional groups attached to an aromatic ring is 2. The summed E-state index contributed by atoms with van der Waals surface area (Å²) in [5, 5.41) is 0. The number of hydrogen-bond acceptors (Lipinski definition) is 6. The standard InChI is InChI=1S/C11H12N4OS/c1-17-8-4-2-7(3-5-8)16-10-6-9(12)14-11(13)15-10/h2-6H,1H3,(H4,12,13,14,15). The van der Waals surface area contributed by atoms with Crippen molar-refractivity contribution in [1.29, 1.82) is 0 Å². The van der Waals surface area contributed by atoms with E-state index in [9.17, 15) is 0 Å². The first-order valence-corrected chi connectivity index (χ1v) is 6.12. The Kier molecular flexibility index (Phi) is 3.34. The van der Waals surface area contributed by atoms with Gasteiger partial charge in [-0.1, -0.05) is 0 Å². The highest BCUT2D eigenvalue weighted by Gasteiger charge is 2.02. The van der Waals surface area contributed by atoms with E-state index in [4.69, 9.17) is 16.2 Å². The van der Waals surface area contributed by atoms with Gasteiger partial charge in [-0.2, -0.15) is 9.97 Å². The van der Waals surface area contributed by atoms with Gasteiger partial charge in [0, 0.05) is 11.0 Å². The van der Waals surface area contributed by atoms with Crippen molar-refractivity contribution in [2.75, 3.05) is 17.7 Å². The molecule has 0 aliphatic rings. The normalized spacial score (nSPS) is 10.2. The third-order valence-electron chi connectivity index (χ3n) is 2.02. The molecular formula is C11H12N4OS. The Bertz CT molecular complexity index is 495. The van der Waals surface area contributed by atoms with E-state index in [0.717, 1.165) is 0 Å². The minimum absolute atomic E-state index is 0.0979. The summed E-state index contributed by atoms with van der Waals surface area (Å²) in [7, 11) is 0. The topological polar surface area (TPSA) is 87.0 Å². The molecule has 2 aromatic rings. The summed E-state index contributed by atoms with van der Waals surface area (Å²) in [6.07, 6.45) is 2.02. The highest BCUT2D eigenvalue weighted by molar-refractivity contribution is 7.98. The Morgan fingerprint density at radius 1 is 1.12 bits per heavy atom. The number of anilines is 2. The van der Waals surface area contributed by atoms with Crippen LogP contribution in [0.1, 0.15) is 0 Å². The third kappa shape index (κ3) is 3.01. The largest absolute Gasteiger partial charge is 0.439 e. The van der Waals surface area contributed by atoms with Crippen molar-refractivity contribution in [3.05, 3.63) is 30.3 Å². The molecule has 2 rings (SSSR count). The highest BCUT2D eigenvalue weighted by Crippen LogP contribution is 2.24. The van der Waals surface area contributed by atoms with Crippen LogP contribution in [0.5, 0.6) is 11.6 Å². The lowest BCUT2D eigenvalue weighted by atomic mass is 10.3. The van der Waals surface area contributed by atoms with Gasteiger partial charge >= 0.3 is 0 Å². The van der Waals surface area contributed by atoms with Gasteiger partial charge < -0.3 is 16.2 Å².